The van der Waals surface area contributed by atoms with Gasteiger partial charge in [-0.05, 0) is 31.0 Å². The van der Waals surface area contributed by atoms with E-state index in [-0.39, 0.29) is 36.1 Å². The molecule has 10 heteroatoms. The molecular formula is C18H25F3IN5O. The first-order valence-corrected chi connectivity index (χ1v) is 8.58. The molecule has 0 unspecified atom stereocenters. The highest BCUT2D eigenvalue weighted by Gasteiger charge is 2.36. The number of benzene rings is 1. The lowest BCUT2D eigenvalue weighted by molar-refractivity contribution is -0.142. The Morgan fingerprint density at radius 3 is 2.46 bits per heavy atom. The second-order valence-corrected chi connectivity index (χ2v) is 5.89. The zero-order valence-corrected chi connectivity index (χ0v) is 18.3. The lowest BCUT2D eigenvalue weighted by atomic mass is 10.1. The average molecular weight is 511 g/mol. The highest BCUT2D eigenvalue weighted by atomic mass is 127. The van der Waals surface area contributed by atoms with Crippen LogP contribution in [0.15, 0.2) is 35.5 Å². The Morgan fingerprint density at radius 1 is 1.21 bits per heavy atom. The van der Waals surface area contributed by atoms with Crippen molar-refractivity contribution in [2.45, 2.75) is 26.1 Å². The molecule has 2 N–H and O–H groups in total. The molecule has 1 aromatic carbocycles. The lowest BCUT2D eigenvalue weighted by Crippen LogP contribution is -2.38. The summed E-state index contributed by atoms with van der Waals surface area (Å²) in [7, 11) is 3.07. The quantitative estimate of drug-likeness (QED) is 0.340. The first kappa shape index (κ1) is 24.1. The fraction of sp³-hybridized carbons (Fsp3) is 0.444. The molecule has 0 aliphatic rings. The number of methoxy groups -OCH3 is 1. The Labute approximate surface area is 179 Å². The molecule has 0 spiro atoms. The molecule has 0 bridgehead atoms. The number of ether oxygens (including phenoxy) is 1. The zero-order valence-electron chi connectivity index (χ0n) is 16.0. The van der Waals surface area contributed by atoms with E-state index in [9.17, 15) is 13.2 Å². The van der Waals surface area contributed by atoms with Crippen molar-refractivity contribution in [2.24, 2.45) is 12.0 Å². The van der Waals surface area contributed by atoms with E-state index in [4.69, 9.17) is 4.74 Å². The molecule has 1 heterocycles. The summed E-state index contributed by atoms with van der Waals surface area (Å²) >= 11 is 0. The van der Waals surface area contributed by atoms with Crippen LogP contribution in [0.2, 0.25) is 0 Å². The smallest absolute Gasteiger partial charge is 0.435 e. The predicted octanol–water partition coefficient (Wildman–Crippen LogP) is 3.36. The largest absolute Gasteiger partial charge is 0.497 e. The van der Waals surface area contributed by atoms with Crippen LogP contribution in [0.1, 0.15) is 23.7 Å². The summed E-state index contributed by atoms with van der Waals surface area (Å²) in [6, 6.07) is 7.71. The van der Waals surface area contributed by atoms with Gasteiger partial charge in [0.2, 0.25) is 0 Å². The summed E-state index contributed by atoms with van der Waals surface area (Å²) in [6.45, 7) is 2.98. The summed E-state index contributed by atoms with van der Waals surface area (Å²) < 4.78 is 45.3. The van der Waals surface area contributed by atoms with E-state index >= 15 is 0 Å². The van der Waals surface area contributed by atoms with E-state index in [1.54, 1.807) is 7.11 Å². The Morgan fingerprint density at radius 2 is 1.89 bits per heavy atom. The second kappa shape index (κ2) is 11.1. The van der Waals surface area contributed by atoms with Gasteiger partial charge in [0, 0.05) is 31.9 Å². The van der Waals surface area contributed by atoms with Gasteiger partial charge < -0.3 is 15.4 Å². The fourth-order valence-electron chi connectivity index (χ4n) is 2.52. The Hall–Kier alpha value is -1.98. The number of hydrogen-bond acceptors (Lipinski definition) is 3. The molecule has 0 fully saturated rings. The number of aliphatic imine (C=N–C) groups is 1. The van der Waals surface area contributed by atoms with Crippen molar-refractivity contribution in [3.05, 3.63) is 47.3 Å². The standard InChI is InChI=1S/C18H24F3N5O.HI/c1-4-22-17(23-10-9-13-5-7-15(27-3)8-6-13)24-11-14-12-26(2)25-16(14)18(19,20)21;/h5-8,12H,4,9-11H2,1-3H3,(H2,22,23,24);1H. The van der Waals surface area contributed by atoms with E-state index in [1.165, 1.54) is 13.2 Å². The number of rotatable bonds is 7. The van der Waals surface area contributed by atoms with E-state index in [2.05, 4.69) is 20.7 Å². The highest BCUT2D eigenvalue weighted by molar-refractivity contribution is 14.0. The monoisotopic (exact) mass is 511 g/mol. The van der Waals surface area contributed by atoms with Crippen LogP contribution in [0.4, 0.5) is 13.2 Å². The summed E-state index contributed by atoms with van der Waals surface area (Å²) in [4.78, 5) is 4.25. The van der Waals surface area contributed by atoms with Gasteiger partial charge in [0.15, 0.2) is 11.7 Å². The van der Waals surface area contributed by atoms with Crippen LogP contribution in [0.3, 0.4) is 0 Å². The molecule has 2 rings (SSSR count). The van der Waals surface area contributed by atoms with Crippen molar-refractivity contribution in [2.75, 3.05) is 20.2 Å². The number of aromatic nitrogens is 2. The number of aryl methyl sites for hydroxylation is 1. The molecule has 0 aliphatic heterocycles. The second-order valence-electron chi connectivity index (χ2n) is 5.89. The first-order chi connectivity index (χ1) is 12.8. The zero-order chi connectivity index (χ0) is 19.9. The maximum atomic E-state index is 13.0. The van der Waals surface area contributed by atoms with Crippen molar-refractivity contribution in [1.29, 1.82) is 0 Å². The summed E-state index contributed by atoms with van der Waals surface area (Å²) in [6.07, 6.45) is -2.41. The van der Waals surface area contributed by atoms with Crippen molar-refractivity contribution < 1.29 is 17.9 Å². The van der Waals surface area contributed by atoms with Gasteiger partial charge >= 0.3 is 6.18 Å². The molecule has 0 aliphatic carbocycles. The Balaban J connectivity index is 0.00000392. The third-order valence-electron chi connectivity index (χ3n) is 3.79. The molecule has 6 nitrogen and oxygen atoms in total. The van der Waals surface area contributed by atoms with Crippen molar-refractivity contribution in [3.8, 4) is 5.75 Å². The van der Waals surface area contributed by atoms with Crippen LogP contribution < -0.4 is 15.4 Å². The number of alkyl halides is 3. The summed E-state index contributed by atoms with van der Waals surface area (Å²) in [5, 5.41) is 9.66. The van der Waals surface area contributed by atoms with E-state index in [0.29, 0.717) is 19.0 Å². The molecule has 0 saturated carbocycles. The molecule has 0 saturated heterocycles. The minimum Gasteiger partial charge on any atom is -0.497 e. The lowest BCUT2D eigenvalue weighted by Gasteiger charge is -2.12. The van der Waals surface area contributed by atoms with Crippen LogP contribution in [0.25, 0.3) is 0 Å². The summed E-state index contributed by atoms with van der Waals surface area (Å²) in [5.74, 6) is 1.25. The maximum absolute atomic E-state index is 13.0. The van der Waals surface area contributed by atoms with Gasteiger partial charge in [-0.1, -0.05) is 12.1 Å². The molecular weight excluding hydrogens is 486 g/mol. The molecule has 0 atom stereocenters. The van der Waals surface area contributed by atoms with E-state index in [0.717, 1.165) is 22.4 Å². The predicted molar refractivity (Wildman–Crippen MR) is 113 cm³/mol. The molecule has 156 valence electrons. The number of nitrogens with one attached hydrogen (secondary N) is 2. The van der Waals surface area contributed by atoms with Gasteiger partial charge in [-0.25, -0.2) is 4.99 Å². The van der Waals surface area contributed by atoms with Crippen LogP contribution >= 0.6 is 24.0 Å². The number of halogens is 4. The van der Waals surface area contributed by atoms with Gasteiger partial charge in [0.25, 0.3) is 0 Å². The maximum Gasteiger partial charge on any atom is 0.435 e. The van der Waals surface area contributed by atoms with Gasteiger partial charge in [-0.2, -0.15) is 18.3 Å². The minimum absolute atomic E-state index is 0. The third kappa shape index (κ3) is 7.21. The molecule has 1 aromatic heterocycles. The van der Waals surface area contributed by atoms with Crippen molar-refractivity contribution in [3.63, 3.8) is 0 Å². The average Bonchev–Trinajstić information content (AvgIpc) is 3.01. The van der Waals surface area contributed by atoms with Crippen LogP contribution in [-0.4, -0.2) is 35.9 Å². The SMILES string of the molecule is CCNC(=NCc1cn(C)nc1C(F)(F)F)NCCc1ccc(OC)cc1.I. The van der Waals surface area contributed by atoms with Crippen molar-refractivity contribution >= 4 is 29.9 Å². The van der Waals surface area contributed by atoms with Gasteiger partial charge in [-0.15, -0.1) is 24.0 Å². The third-order valence-corrected chi connectivity index (χ3v) is 3.79. The van der Waals surface area contributed by atoms with Crippen molar-refractivity contribution in [1.82, 2.24) is 20.4 Å². The van der Waals surface area contributed by atoms with Gasteiger partial charge in [-0.3, -0.25) is 4.68 Å². The first-order valence-electron chi connectivity index (χ1n) is 8.58. The molecule has 28 heavy (non-hydrogen) atoms. The van der Waals surface area contributed by atoms with Gasteiger partial charge in [0.1, 0.15) is 5.75 Å². The number of hydrogen-bond donors (Lipinski definition) is 2. The van der Waals surface area contributed by atoms with Gasteiger partial charge in [0.05, 0.1) is 13.7 Å². The molecule has 0 amide bonds. The van der Waals surface area contributed by atoms with E-state index < -0.39 is 11.9 Å². The fourth-order valence-corrected chi connectivity index (χ4v) is 2.52. The summed E-state index contributed by atoms with van der Waals surface area (Å²) in [5.41, 5.74) is 0.256. The highest BCUT2D eigenvalue weighted by Crippen LogP contribution is 2.30. The van der Waals surface area contributed by atoms with Crippen LogP contribution in [0, 0.1) is 0 Å². The molecule has 2 aromatic rings. The Bertz CT molecular complexity index is 760. The minimum atomic E-state index is -4.49. The topological polar surface area (TPSA) is 63.5 Å². The molecule has 0 radical (unpaired) electrons. The van der Waals surface area contributed by atoms with E-state index in [1.807, 2.05) is 31.2 Å². The van der Waals surface area contributed by atoms with Crippen LogP contribution in [0.5, 0.6) is 5.75 Å². The number of guanidine groups is 1. The normalized spacial score (nSPS) is 11.7. The van der Waals surface area contributed by atoms with Crippen LogP contribution in [-0.2, 0) is 26.2 Å². The Kier molecular flexibility index (Phi) is 9.56. The number of nitrogens with zero attached hydrogens (tertiary/aromatic N) is 3.